The summed E-state index contributed by atoms with van der Waals surface area (Å²) in [4.78, 5) is 0. The van der Waals surface area contributed by atoms with Crippen LogP contribution < -0.4 is 10.5 Å². The second-order valence-corrected chi connectivity index (χ2v) is 4.92. The Morgan fingerprint density at radius 3 is 2.61 bits per heavy atom. The first-order chi connectivity index (χ1) is 8.70. The summed E-state index contributed by atoms with van der Waals surface area (Å²) in [6.07, 6.45) is 0. The van der Waals surface area contributed by atoms with Crippen molar-refractivity contribution in [3.63, 3.8) is 0 Å². The van der Waals surface area contributed by atoms with Gasteiger partial charge in [-0.05, 0) is 34.2 Å². The second-order valence-electron chi connectivity index (χ2n) is 3.76. The van der Waals surface area contributed by atoms with Crippen LogP contribution in [0.1, 0.15) is 11.1 Å². The van der Waals surface area contributed by atoms with Gasteiger partial charge in [0.25, 0.3) is 0 Å². The highest BCUT2D eigenvalue weighted by Crippen LogP contribution is 2.26. The van der Waals surface area contributed by atoms with Crippen LogP contribution in [0, 0.1) is 14.9 Å². The number of rotatable bonds is 3. The first-order valence-corrected chi connectivity index (χ1v) is 6.44. The summed E-state index contributed by atoms with van der Waals surface area (Å²) >= 11 is 2.10. The molecule has 2 N–H and O–H groups in total. The highest BCUT2D eigenvalue weighted by atomic mass is 127. The monoisotopic (exact) mass is 350 g/mol. The quantitative estimate of drug-likeness (QED) is 0.682. The third kappa shape index (κ3) is 2.93. The Hall–Kier alpha value is -1.74. The lowest BCUT2D eigenvalue weighted by molar-refractivity contribution is 0.305. The number of benzene rings is 2. The van der Waals surface area contributed by atoms with Gasteiger partial charge in [0.2, 0.25) is 0 Å². The van der Waals surface area contributed by atoms with E-state index in [0.717, 1.165) is 9.13 Å². The Morgan fingerprint density at radius 1 is 1.22 bits per heavy atom. The van der Waals surface area contributed by atoms with Crippen LogP contribution in [0.4, 0.5) is 5.69 Å². The van der Waals surface area contributed by atoms with Crippen LogP contribution in [0.2, 0.25) is 0 Å². The third-order valence-electron chi connectivity index (χ3n) is 2.46. The average Bonchev–Trinajstić information content (AvgIpc) is 2.41. The summed E-state index contributed by atoms with van der Waals surface area (Å²) in [5.74, 6) is 0.527. The van der Waals surface area contributed by atoms with E-state index in [2.05, 4.69) is 28.7 Å². The van der Waals surface area contributed by atoms with Crippen molar-refractivity contribution >= 4 is 28.3 Å². The molecule has 4 heteroatoms. The topological polar surface area (TPSA) is 59.0 Å². The molecule has 3 nitrogen and oxygen atoms in total. The number of nitrogen functional groups attached to an aromatic ring is 1. The van der Waals surface area contributed by atoms with E-state index in [0.29, 0.717) is 23.6 Å². The smallest absolute Gasteiger partial charge is 0.139 e. The van der Waals surface area contributed by atoms with E-state index in [9.17, 15) is 0 Å². The SMILES string of the molecule is N#Cc1cc(I)c(N)cc1OCc1ccccc1. The zero-order chi connectivity index (χ0) is 13.0. The summed E-state index contributed by atoms with van der Waals surface area (Å²) in [5, 5.41) is 9.06. The Labute approximate surface area is 119 Å². The van der Waals surface area contributed by atoms with E-state index in [1.165, 1.54) is 0 Å². The molecule has 0 saturated heterocycles. The van der Waals surface area contributed by atoms with Gasteiger partial charge in [0.05, 0.1) is 5.56 Å². The van der Waals surface area contributed by atoms with Crippen molar-refractivity contribution < 1.29 is 4.74 Å². The predicted octanol–water partition coefficient (Wildman–Crippen LogP) is 3.32. The van der Waals surface area contributed by atoms with Gasteiger partial charge in [0.15, 0.2) is 0 Å². The van der Waals surface area contributed by atoms with Gasteiger partial charge < -0.3 is 10.5 Å². The lowest BCUT2D eigenvalue weighted by Gasteiger charge is -2.09. The molecule has 90 valence electrons. The minimum absolute atomic E-state index is 0.426. The third-order valence-corrected chi connectivity index (χ3v) is 3.39. The fourth-order valence-electron chi connectivity index (χ4n) is 1.51. The van der Waals surface area contributed by atoms with E-state index in [4.69, 9.17) is 15.7 Å². The number of anilines is 1. The molecule has 0 aliphatic rings. The van der Waals surface area contributed by atoms with Gasteiger partial charge >= 0.3 is 0 Å². The molecule has 0 bridgehead atoms. The largest absolute Gasteiger partial charge is 0.487 e. The molecule has 2 aromatic rings. The molecule has 0 aliphatic carbocycles. The molecule has 0 radical (unpaired) electrons. The molecular weight excluding hydrogens is 339 g/mol. The fraction of sp³-hybridized carbons (Fsp3) is 0.0714. The van der Waals surface area contributed by atoms with Crippen LogP contribution in [0.25, 0.3) is 0 Å². The first-order valence-electron chi connectivity index (χ1n) is 5.36. The number of hydrogen-bond acceptors (Lipinski definition) is 3. The van der Waals surface area contributed by atoms with Crippen LogP contribution >= 0.6 is 22.6 Å². The van der Waals surface area contributed by atoms with Crippen LogP contribution in [-0.4, -0.2) is 0 Å². The van der Waals surface area contributed by atoms with Crippen molar-refractivity contribution in [1.29, 1.82) is 5.26 Å². The highest BCUT2D eigenvalue weighted by molar-refractivity contribution is 14.1. The molecule has 0 heterocycles. The lowest BCUT2D eigenvalue weighted by atomic mass is 10.2. The minimum Gasteiger partial charge on any atom is -0.487 e. The van der Waals surface area contributed by atoms with Gasteiger partial charge in [-0.25, -0.2) is 0 Å². The van der Waals surface area contributed by atoms with Crippen molar-refractivity contribution in [2.45, 2.75) is 6.61 Å². The number of ether oxygens (including phenoxy) is 1. The molecule has 0 amide bonds. The van der Waals surface area contributed by atoms with Crippen molar-refractivity contribution in [2.24, 2.45) is 0 Å². The van der Waals surface area contributed by atoms with Gasteiger partial charge in [-0.1, -0.05) is 30.3 Å². The Bertz CT molecular complexity index is 591. The molecule has 0 spiro atoms. The average molecular weight is 350 g/mol. The standard InChI is InChI=1S/C14H11IN2O/c15-12-6-11(8-16)14(7-13(12)17)18-9-10-4-2-1-3-5-10/h1-7H,9,17H2. The summed E-state index contributed by atoms with van der Waals surface area (Å²) in [6, 6.07) is 15.3. The summed E-state index contributed by atoms with van der Waals surface area (Å²) in [6.45, 7) is 0.426. The molecule has 2 aromatic carbocycles. The maximum Gasteiger partial charge on any atom is 0.139 e. The van der Waals surface area contributed by atoms with E-state index >= 15 is 0 Å². The summed E-state index contributed by atoms with van der Waals surface area (Å²) < 4.78 is 6.50. The number of nitrogens with two attached hydrogens (primary N) is 1. The van der Waals surface area contributed by atoms with E-state index < -0.39 is 0 Å². The lowest BCUT2D eigenvalue weighted by Crippen LogP contribution is -1.99. The van der Waals surface area contributed by atoms with E-state index in [1.54, 1.807) is 12.1 Å². The molecule has 18 heavy (non-hydrogen) atoms. The number of nitrogens with zero attached hydrogens (tertiary/aromatic N) is 1. The second kappa shape index (κ2) is 5.74. The Balaban J connectivity index is 2.19. The molecule has 0 fully saturated rings. The maximum absolute atomic E-state index is 9.06. The highest BCUT2D eigenvalue weighted by Gasteiger charge is 2.07. The van der Waals surface area contributed by atoms with Gasteiger partial charge in [0.1, 0.15) is 18.4 Å². The number of hydrogen-bond donors (Lipinski definition) is 1. The van der Waals surface area contributed by atoms with Crippen molar-refractivity contribution in [3.8, 4) is 11.8 Å². The minimum atomic E-state index is 0.426. The van der Waals surface area contributed by atoms with Crippen LogP contribution in [0.5, 0.6) is 5.75 Å². The van der Waals surface area contributed by atoms with Crippen molar-refractivity contribution in [2.75, 3.05) is 5.73 Å². The molecule has 0 aromatic heterocycles. The van der Waals surface area contributed by atoms with Crippen LogP contribution in [0.3, 0.4) is 0 Å². The molecule has 0 aliphatic heterocycles. The maximum atomic E-state index is 9.06. The number of halogens is 1. The van der Waals surface area contributed by atoms with Gasteiger partial charge in [-0.3, -0.25) is 0 Å². The first kappa shape index (κ1) is 12.7. The Morgan fingerprint density at radius 2 is 1.94 bits per heavy atom. The van der Waals surface area contributed by atoms with E-state index in [1.807, 2.05) is 30.3 Å². The molecule has 0 saturated carbocycles. The zero-order valence-corrected chi connectivity index (χ0v) is 11.7. The van der Waals surface area contributed by atoms with Crippen molar-refractivity contribution in [1.82, 2.24) is 0 Å². The summed E-state index contributed by atoms with van der Waals surface area (Å²) in [7, 11) is 0. The zero-order valence-electron chi connectivity index (χ0n) is 9.56. The molecule has 0 unspecified atom stereocenters. The Kier molecular flexibility index (Phi) is 4.05. The fourth-order valence-corrected chi connectivity index (χ4v) is 1.98. The van der Waals surface area contributed by atoms with Gasteiger partial charge in [-0.15, -0.1) is 0 Å². The van der Waals surface area contributed by atoms with Gasteiger partial charge in [-0.2, -0.15) is 5.26 Å². The molecular formula is C14H11IN2O. The normalized spacial score (nSPS) is 9.78. The predicted molar refractivity (Wildman–Crippen MR) is 79.1 cm³/mol. The van der Waals surface area contributed by atoms with Gasteiger partial charge in [0, 0.05) is 15.3 Å². The summed E-state index contributed by atoms with van der Waals surface area (Å²) in [5.41, 5.74) is 8.00. The van der Waals surface area contributed by atoms with E-state index in [-0.39, 0.29) is 0 Å². The molecule has 2 rings (SSSR count). The van der Waals surface area contributed by atoms with Crippen molar-refractivity contribution in [3.05, 3.63) is 57.2 Å². The molecule has 0 atom stereocenters. The van der Waals surface area contributed by atoms with Crippen LogP contribution in [-0.2, 0) is 6.61 Å². The van der Waals surface area contributed by atoms with Crippen LogP contribution in [0.15, 0.2) is 42.5 Å². The number of nitriles is 1.